The van der Waals surface area contributed by atoms with Crippen molar-refractivity contribution < 1.29 is 13.2 Å². The maximum absolute atomic E-state index is 12.0. The number of anilines is 1. The van der Waals surface area contributed by atoms with E-state index in [4.69, 9.17) is 5.73 Å². The lowest BCUT2D eigenvalue weighted by Crippen LogP contribution is -2.38. The molecule has 1 atom stereocenters. The highest BCUT2D eigenvalue weighted by atomic mass is 32.2. The second-order valence-corrected chi connectivity index (χ2v) is 6.61. The molecule has 0 aliphatic rings. The summed E-state index contributed by atoms with van der Waals surface area (Å²) in [6, 6.07) is 7.11. The molecule has 1 aromatic rings. The molecule has 0 heterocycles. The van der Waals surface area contributed by atoms with E-state index < -0.39 is 21.0 Å². The van der Waals surface area contributed by atoms with Gasteiger partial charge in [0.15, 0.2) is 9.84 Å². The van der Waals surface area contributed by atoms with Crippen molar-refractivity contribution in [3.63, 3.8) is 0 Å². The van der Waals surface area contributed by atoms with Crippen molar-refractivity contribution in [1.29, 1.82) is 0 Å². The lowest BCUT2D eigenvalue weighted by atomic mass is 10.2. The van der Waals surface area contributed by atoms with Gasteiger partial charge >= 0.3 is 0 Å². The summed E-state index contributed by atoms with van der Waals surface area (Å²) in [7, 11) is -1.82. The summed E-state index contributed by atoms with van der Waals surface area (Å²) in [5.41, 5.74) is 7.08. The van der Waals surface area contributed by atoms with Crippen LogP contribution in [0.15, 0.2) is 24.3 Å². The molecule has 0 saturated heterocycles. The predicted octanol–water partition coefficient (Wildman–Crippen LogP) is 0.541. The van der Waals surface area contributed by atoms with Gasteiger partial charge in [0.2, 0.25) is 5.91 Å². The highest BCUT2D eigenvalue weighted by molar-refractivity contribution is 7.92. The van der Waals surface area contributed by atoms with Gasteiger partial charge in [0.05, 0.1) is 0 Å². The monoisotopic (exact) mass is 270 g/mol. The molecule has 5 nitrogen and oxygen atoms in total. The standard InChI is InChI=1S/C12H18N2O3S/c1-9(18(3,16)17)12(15)14(2)11-6-4-10(8-13)5-7-11/h4-7,9H,8,13H2,1-3H3. The molecule has 18 heavy (non-hydrogen) atoms. The first-order chi connectivity index (χ1) is 8.27. The van der Waals surface area contributed by atoms with Crippen LogP contribution < -0.4 is 10.6 Å². The number of sulfone groups is 1. The van der Waals surface area contributed by atoms with E-state index in [9.17, 15) is 13.2 Å². The Hall–Kier alpha value is -1.40. The Morgan fingerprint density at radius 2 is 1.83 bits per heavy atom. The first-order valence-corrected chi connectivity index (χ1v) is 7.48. The van der Waals surface area contributed by atoms with Crippen molar-refractivity contribution in [1.82, 2.24) is 0 Å². The van der Waals surface area contributed by atoms with E-state index in [0.29, 0.717) is 12.2 Å². The maximum atomic E-state index is 12.0. The van der Waals surface area contributed by atoms with Crippen molar-refractivity contribution >= 4 is 21.4 Å². The van der Waals surface area contributed by atoms with E-state index in [1.807, 2.05) is 12.1 Å². The quantitative estimate of drug-likeness (QED) is 0.866. The van der Waals surface area contributed by atoms with E-state index in [1.54, 1.807) is 19.2 Å². The van der Waals surface area contributed by atoms with Crippen LogP contribution in [0.3, 0.4) is 0 Å². The molecule has 1 unspecified atom stereocenters. The zero-order valence-electron chi connectivity index (χ0n) is 10.8. The molecule has 1 rings (SSSR count). The van der Waals surface area contributed by atoms with Gasteiger partial charge in [-0.15, -0.1) is 0 Å². The topological polar surface area (TPSA) is 80.5 Å². The maximum Gasteiger partial charge on any atom is 0.244 e. The molecule has 0 radical (unpaired) electrons. The fourth-order valence-corrected chi connectivity index (χ4v) is 1.96. The van der Waals surface area contributed by atoms with E-state index >= 15 is 0 Å². The lowest BCUT2D eigenvalue weighted by Gasteiger charge is -2.20. The molecule has 0 bridgehead atoms. The molecule has 1 amide bonds. The third-order valence-electron chi connectivity index (χ3n) is 2.88. The summed E-state index contributed by atoms with van der Waals surface area (Å²) in [5, 5.41) is -1.04. The molecule has 0 saturated carbocycles. The third kappa shape index (κ3) is 3.30. The highest BCUT2D eigenvalue weighted by Gasteiger charge is 2.27. The van der Waals surface area contributed by atoms with E-state index in [1.165, 1.54) is 11.8 Å². The van der Waals surface area contributed by atoms with Gasteiger partial charge in [-0.05, 0) is 24.6 Å². The number of nitrogens with two attached hydrogens (primary N) is 1. The Bertz CT molecular complexity index is 523. The summed E-state index contributed by atoms with van der Waals surface area (Å²) in [6.07, 6.45) is 1.06. The zero-order chi connectivity index (χ0) is 13.9. The molecule has 6 heteroatoms. The Kier molecular flexibility index (Phi) is 4.48. The SMILES string of the molecule is CC(C(=O)N(C)c1ccc(CN)cc1)S(C)(=O)=O. The minimum absolute atomic E-state index is 0.428. The van der Waals surface area contributed by atoms with Crippen LogP contribution in [0.1, 0.15) is 12.5 Å². The van der Waals surface area contributed by atoms with Crippen molar-refractivity contribution in [3.8, 4) is 0 Å². The van der Waals surface area contributed by atoms with Crippen LogP contribution in [0.25, 0.3) is 0 Å². The largest absolute Gasteiger partial charge is 0.326 e. The van der Waals surface area contributed by atoms with Crippen LogP contribution in [0.5, 0.6) is 0 Å². The second kappa shape index (κ2) is 5.49. The second-order valence-electron chi connectivity index (χ2n) is 4.24. The number of rotatable bonds is 4. The molecule has 0 fully saturated rings. The van der Waals surface area contributed by atoms with Crippen molar-refractivity contribution in [2.75, 3.05) is 18.2 Å². The Labute approximate surface area is 108 Å². The average Bonchev–Trinajstić information content (AvgIpc) is 2.35. The lowest BCUT2D eigenvalue weighted by molar-refractivity contribution is -0.117. The Morgan fingerprint density at radius 1 is 1.33 bits per heavy atom. The van der Waals surface area contributed by atoms with Gasteiger partial charge < -0.3 is 10.6 Å². The van der Waals surface area contributed by atoms with Crippen LogP contribution >= 0.6 is 0 Å². The number of hydrogen-bond donors (Lipinski definition) is 1. The van der Waals surface area contributed by atoms with Gasteiger partial charge in [-0.25, -0.2) is 8.42 Å². The van der Waals surface area contributed by atoms with Gasteiger partial charge in [0.1, 0.15) is 5.25 Å². The van der Waals surface area contributed by atoms with Crippen molar-refractivity contribution in [2.45, 2.75) is 18.7 Å². The Morgan fingerprint density at radius 3 is 2.22 bits per heavy atom. The minimum atomic E-state index is -3.38. The first-order valence-electron chi connectivity index (χ1n) is 5.53. The fourth-order valence-electron chi connectivity index (χ4n) is 1.44. The van der Waals surface area contributed by atoms with Gasteiger partial charge in [-0.3, -0.25) is 4.79 Å². The smallest absolute Gasteiger partial charge is 0.244 e. The molecule has 0 spiro atoms. The first kappa shape index (κ1) is 14.7. The third-order valence-corrected chi connectivity index (χ3v) is 4.37. The number of nitrogens with zero attached hydrogens (tertiary/aromatic N) is 1. The number of carbonyl (C=O) groups excluding carboxylic acids is 1. The van der Waals surface area contributed by atoms with Crippen LogP contribution in [0, 0.1) is 0 Å². The molecule has 0 aliphatic carbocycles. The molecule has 100 valence electrons. The van der Waals surface area contributed by atoms with Gasteiger partial charge in [0.25, 0.3) is 0 Å². The van der Waals surface area contributed by atoms with Crippen LogP contribution in [-0.4, -0.2) is 32.9 Å². The summed E-state index contributed by atoms with van der Waals surface area (Å²) in [6.45, 7) is 1.82. The highest BCUT2D eigenvalue weighted by Crippen LogP contribution is 2.16. The van der Waals surface area contributed by atoms with Gasteiger partial charge in [-0.2, -0.15) is 0 Å². The van der Waals surface area contributed by atoms with Gasteiger partial charge in [-0.1, -0.05) is 12.1 Å². The molecule has 0 aromatic heterocycles. The van der Waals surface area contributed by atoms with E-state index in [-0.39, 0.29) is 0 Å². The van der Waals surface area contributed by atoms with Crippen LogP contribution in [0.4, 0.5) is 5.69 Å². The number of amides is 1. The van der Waals surface area contributed by atoms with Crippen LogP contribution in [-0.2, 0) is 21.2 Å². The molecule has 2 N–H and O–H groups in total. The summed E-state index contributed by atoms with van der Waals surface area (Å²) in [4.78, 5) is 13.3. The number of carbonyl (C=O) groups is 1. The Balaban J connectivity index is 2.93. The summed E-state index contributed by atoms with van der Waals surface area (Å²) in [5.74, 6) is -0.446. The normalized spacial score (nSPS) is 13.1. The summed E-state index contributed by atoms with van der Waals surface area (Å²) >= 11 is 0. The van der Waals surface area contributed by atoms with Gasteiger partial charge in [0, 0.05) is 25.5 Å². The number of hydrogen-bond acceptors (Lipinski definition) is 4. The van der Waals surface area contributed by atoms with E-state index in [0.717, 1.165) is 11.8 Å². The zero-order valence-corrected chi connectivity index (χ0v) is 11.6. The molecule has 1 aromatic carbocycles. The average molecular weight is 270 g/mol. The van der Waals surface area contributed by atoms with Crippen LogP contribution in [0.2, 0.25) is 0 Å². The molecular formula is C12H18N2O3S. The molecular weight excluding hydrogens is 252 g/mol. The minimum Gasteiger partial charge on any atom is -0.326 e. The number of benzene rings is 1. The predicted molar refractivity (Wildman–Crippen MR) is 72.0 cm³/mol. The van der Waals surface area contributed by atoms with E-state index in [2.05, 4.69) is 0 Å². The van der Waals surface area contributed by atoms with Crippen molar-refractivity contribution in [2.24, 2.45) is 5.73 Å². The summed E-state index contributed by atoms with van der Waals surface area (Å²) < 4.78 is 22.7. The van der Waals surface area contributed by atoms with Crippen molar-refractivity contribution in [3.05, 3.63) is 29.8 Å². The molecule has 0 aliphatic heterocycles. The fraction of sp³-hybridized carbons (Fsp3) is 0.417.